The van der Waals surface area contributed by atoms with Crippen LogP contribution in [0.1, 0.15) is 18.5 Å². The molecule has 0 saturated carbocycles. The van der Waals surface area contributed by atoms with Crippen molar-refractivity contribution in [2.24, 2.45) is 0 Å². The van der Waals surface area contributed by atoms with E-state index in [0.29, 0.717) is 5.56 Å². The Morgan fingerprint density at radius 3 is 2.83 bits per heavy atom. The van der Waals surface area contributed by atoms with Gasteiger partial charge in [0.15, 0.2) is 5.03 Å². The fourth-order valence-corrected chi connectivity index (χ4v) is 2.68. The fourth-order valence-electron chi connectivity index (χ4n) is 1.55. The predicted octanol–water partition coefficient (Wildman–Crippen LogP) is 1.15. The fraction of sp³-hybridized carbons (Fsp3) is 0.182. The van der Waals surface area contributed by atoms with E-state index in [2.05, 4.69) is 14.7 Å². The third-order valence-electron chi connectivity index (χ3n) is 2.46. The number of rotatable bonds is 4. The first-order valence-corrected chi connectivity index (χ1v) is 6.77. The van der Waals surface area contributed by atoms with Crippen LogP contribution in [0.3, 0.4) is 0 Å². The number of sulfonamides is 1. The van der Waals surface area contributed by atoms with Crippen LogP contribution in [0.4, 0.5) is 0 Å². The zero-order valence-corrected chi connectivity index (χ0v) is 10.5. The summed E-state index contributed by atoms with van der Waals surface area (Å²) in [5.41, 5.74) is 0.679. The molecule has 0 bridgehead atoms. The van der Waals surface area contributed by atoms with Crippen molar-refractivity contribution in [1.82, 2.24) is 14.7 Å². The number of aromatic nitrogens is 2. The third-order valence-corrected chi connectivity index (χ3v) is 3.93. The van der Waals surface area contributed by atoms with Gasteiger partial charge in [0.2, 0.25) is 0 Å². The lowest BCUT2D eigenvalue weighted by Gasteiger charge is -2.13. The highest BCUT2D eigenvalue weighted by molar-refractivity contribution is 7.89. The molecular formula is C11H13N3O3S. The molecule has 0 saturated heterocycles. The molecule has 1 unspecified atom stereocenters. The second-order valence-electron chi connectivity index (χ2n) is 3.85. The molecule has 0 aliphatic rings. The number of phenols is 1. The topological polar surface area (TPSA) is 95.1 Å². The molecule has 2 rings (SSSR count). The minimum atomic E-state index is -3.63. The summed E-state index contributed by atoms with van der Waals surface area (Å²) in [4.78, 5) is 6.20. The molecule has 0 amide bonds. The summed E-state index contributed by atoms with van der Waals surface area (Å²) in [6.07, 6.45) is 2.53. The molecule has 6 nitrogen and oxygen atoms in total. The van der Waals surface area contributed by atoms with Gasteiger partial charge in [-0.05, 0) is 24.6 Å². The maximum Gasteiger partial charge on any atom is 0.258 e. The molecule has 18 heavy (non-hydrogen) atoms. The second-order valence-corrected chi connectivity index (χ2v) is 5.54. The number of aromatic amines is 1. The first-order chi connectivity index (χ1) is 8.49. The Morgan fingerprint density at radius 2 is 2.22 bits per heavy atom. The van der Waals surface area contributed by atoms with Crippen LogP contribution in [0.2, 0.25) is 0 Å². The largest absolute Gasteiger partial charge is 0.508 e. The van der Waals surface area contributed by atoms with Gasteiger partial charge in [-0.3, -0.25) is 0 Å². The molecule has 1 aromatic heterocycles. The molecule has 1 aromatic carbocycles. The van der Waals surface area contributed by atoms with Crippen molar-refractivity contribution in [2.75, 3.05) is 0 Å². The lowest BCUT2D eigenvalue weighted by molar-refractivity contribution is 0.473. The molecule has 0 aliphatic heterocycles. The van der Waals surface area contributed by atoms with Crippen molar-refractivity contribution in [3.8, 4) is 5.75 Å². The Labute approximate surface area is 105 Å². The molecule has 0 radical (unpaired) electrons. The van der Waals surface area contributed by atoms with Gasteiger partial charge < -0.3 is 10.1 Å². The number of nitrogens with zero attached hydrogens (tertiary/aromatic N) is 1. The van der Waals surface area contributed by atoms with E-state index in [1.807, 2.05) is 0 Å². The average molecular weight is 267 g/mol. The Balaban J connectivity index is 2.20. The van der Waals surface area contributed by atoms with Crippen LogP contribution in [0.5, 0.6) is 5.75 Å². The number of imidazole rings is 1. The van der Waals surface area contributed by atoms with Crippen molar-refractivity contribution in [2.45, 2.75) is 18.0 Å². The number of phenolic OH excluding ortho intramolecular Hbond substituents is 1. The normalized spacial score (nSPS) is 13.4. The summed E-state index contributed by atoms with van der Waals surface area (Å²) < 4.78 is 26.3. The lowest BCUT2D eigenvalue weighted by Crippen LogP contribution is -2.27. The Hall–Kier alpha value is -1.86. The maximum absolute atomic E-state index is 11.9. The monoisotopic (exact) mass is 267 g/mol. The molecule has 7 heteroatoms. The quantitative estimate of drug-likeness (QED) is 0.774. The number of aromatic hydroxyl groups is 1. The SMILES string of the molecule is CC(NS(=O)(=O)c1cnc[nH]1)c1cccc(O)c1. The lowest BCUT2D eigenvalue weighted by atomic mass is 10.1. The van der Waals surface area contributed by atoms with Gasteiger partial charge in [-0.2, -0.15) is 0 Å². The summed E-state index contributed by atoms with van der Waals surface area (Å²) in [7, 11) is -3.63. The van der Waals surface area contributed by atoms with Crippen molar-refractivity contribution in [3.05, 3.63) is 42.4 Å². The Morgan fingerprint density at radius 1 is 1.44 bits per heavy atom. The van der Waals surface area contributed by atoms with E-state index in [1.54, 1.807) is 19.1 Å². The standard InChI is InChI=1S/C11H13N3O3S/c1-8(9-3-2-4-10(15)5-9)14-18(16,17)11-6-12-7-13-11/h2-8,14-15H,1H3,(H,12,13). The van der Waals surface area contributed by atoms with E-state index in [1.165, 1.54) is 24.7 Å². The highest BCUT2D eigenvalue weighted by Crippen LogP contribution is 2.19. The van der Waals surface area contributed by atoms with Gasteiger partial charge in [0.1, 0.15) is 5.75 Å². The van der Waals surface area contributed by atoms with Gasteiger partial charge >= 0.3 is 0 Å². The van der Waals surface area contributed by atoms with Crippen LogP contribution < -0.4 is 4.72 Å². The number of hydrogen-bond donors (Lipinski definition) is 3. The predicted molar refractivity (Wildman–Crippen MR) is 65.4 cm³/mol. The van der Waals surface area contributed by atoms with Crippen LogP contribution in [-0.4, -0.2) is 23.5 Å². The summed E-state index contributed by atoms with van der Waals surface area (Å²) >= 11 is 0. The first-order valence-electron chi connectivity index (χ1n) is 5.29. The molecule has 3 N–H and O–H groups in total. The zero-order valence-electron chi connectivity index (χ0n) is 9.66. The van der Waals surface area contributed by atoms with Gasteiger partial charge in [-0.15, -0.1) is 0 Å². The van der Waals surface area contributed by atoms with E-state index in [9.17, 15) is 13.5 Å². The van der Waals surface area contributed by atoms with Crippen molar-refractivity contribution in [3.63, 3.8) is 0 Å². The smallest absolute Gasteiger partial charge is 0.258 e. The average Bonchev–Trinajstić information content (AvgIpc) is 2.82. The van der Waals surface area contributed by atoms with Crippen LogP contribution >= 0.6 is 0 Å². The van der Waals surface area contributed by atoms with Gasteiger partial charge in [0, 0.05) is 6.04 Å². The van der Waals surface area contributed by atoms with Gasteiger partial charge in [0.25, 0.3) is 10.0 Å². The number of nitrogens with one attached hydrogen (secondary N) is 2. The maximum atomic E-state index is 11.9. The highest BCUT2D eigenvalue weighted by atomic mass is 32.2. The second kappa shape index (κ2) is 4.79. The van der Waals surface area contributed by atoms with E-state index >= 15 is 0 Å². The molecule has 96 valence electrons. The Bertz CT molecular complexity index is 623. The van der Waals surface area contributed by atoms with Crippen molar-refractivity contribution < 1.29 is 13.5 Å². The summed E-state index contributed by atoms with van der Waals surface area (Å²) in [5.74, 6) is 0.0973. The molecule has 0 fully saturated rings. The van der Waals surface area contributed by atoms with E-state index in [0.717, 1.165) is 0 Å². The van der Waals surface area contributed by atoms with Gasteiger partial charge in [-0.25, -0.2) is 18.1 Å². The molecule has 1 atom stereocenters. The van der Waals surface area contributed by atoms with Crippen LogP contribution in [0.25, 0.3) is 0 Å². The third kappa shape index (κ3) is 2.69. The molecule has 0 aliphatic carbocycles. The van der Waals surface area contributed by atoms with Gasteiger partial charge in [0.05, 0.1) is 12.5 Å². The van der Waals surface area contributed by atoms with Crippen molar-refractivity contribution in [1.29, 1.82) is 0 Å². The minimum Gasteiger partial charge on any atom is -0.508 e. The summed E-state index contributed by atoms with van der Waals surface area (Å²) in [5, 5.41) is 9.36. The van der Waals surface area contributed by atoms with Crippen molar-refractivity contribution >= 4 is 10.0 Å². The zero-order chi connectivity index (χ0) is 13.2. The molecule has 0 spiro atoms. The van der Waals surface area contributed by atoms with Crippen LogP contribution in [0.15, 0.2) is 41.8 Å². The van der Waals surface area contributed by atoms with E-state index in [4.69, 9.17) is 0 Å². The summed E-state index contributed by atoms with van der Waals surface area (Å²) in [6, 6.07) is 5.98. The first kappa shape index (κ1) is 12.6. The van der Waals surface area contributed by atoms with Gasteiger partial charge in [-0.1, -0.05) is 12.1 Å². The Kier molecular flexibility index (Phi) is 3.35. The number of H-pyrrole nitrogens is 1. The van der Waals surface area contributed by atoms with Crippen LogP contribution in [0, 0.1) is 0 Å². The highest BCUT2D eigenvalue weighted by Gasteiger charge is 2.19. The number of benzene rings is 1. The van der Waals surface area contributed by atoms with Crippen LogP contribution in [-0.2, 0) is 10.0 Å². The molecule has 2 aromatic rings. The molecular weight excluding hydrogens is 254 g/mol. The molecule has 1 heterocycles. The minimum absolute atomic E-state index is 0.00880. The van der Waals surface area contributed by atoms with E-state index < -0.39 is 16.1 Å². The number of hydrogen-bond acceptors (Lipinski definition) is 4. The summed E-state index contributed by atoms with van der Waals surface area (Å²) in [6.45, 7) is 1.70. The van der Waals surface area contributed by atoms with E-state index in [-0.39, 0.29) is 10.8 Å².